The Morgan fingerprint density at radius 1 is 1.37 bits per heavy atom. The molecule has 4 nitrogen and oxygen atoms in total. The van der Waals surface area contributed by atoms with Gasteiger partial charge in [0.05, 0.1) is 27.9 Å². The van der Waals surface area contributed by atoms with Gasteiger partial charge in [-0.05, 0) is 46.3 Å². The van der Waals surface area contributed by atoms with Gasteiger partial charge in [-0.25, -0.2) is 4.98 Å². The molecule has 0 saturated heterocycles. The van der Waals surface area contributed by atoms with E-state index in [1.54, 1.807) is 24.3 Å². The molecular formula is C13H7BrClN3O. The van der Waals surface area contributed by atoms with Crippen LogP contribution >= 0.6 is 27.5 Å². The second kappa shape index (κ2) is 5.83. The monoisotopic (exact) mass is 335 g/mol. The highest BCUT2D eigenvalue weighted by atomic mass is 79.9. The Labute approximate surface area is 123 Å². The Hall–Kier alpha value is -1.90. The highest BCUT2D eigenvalue weighted by Crippen LogP contribution is 2.23. The zero-order valence-electron chi connectivity index (χ0n) is 9.52. The molecule has 19 heavy (non-hydrogen) atoms. The van der Waals surface area contributed by atoms with Gasteiger partial charge in [-0.3, -0.25) is 4.79 Å². The summed E-state index contributed by atoms with van der Waals surface area (Å²) in [6, 6.07) is 9.96. The molecule has 2 aromatic rings. The molecule has 0 aliphatic heterocycles. The summed E-state index contributed by atoms with van der Waals surface area (Å²) < 4.78 is 0.653. The molecule has 0 unspecified atom stereocenters. The van der Waals surface area contributed by atoms with Gasteiger partial charge < -0.3 is 5.32 Å². The van der Waals surface area contributed by atoms with Crippen LogP contribution in [0.1, 0.15) is 15.9 Å². The van der Waals surface area contributed by atoms with Crippen LogP contribution in [0, 0.1) is 11.3 Å². The molecule has 2 rings (SSSR count). The van der Waals surface area contributed by atoms with Crippen molar-refractivity contribution in [1.82, 2.24) is 4.98 Å². The third kappa shape index (κ3) is 3.31. The molecule has 94 valence electrons. The predicted molar refractivity (Wildman–Crippen MR) is 76.1 cm³/mol. The standard InChI is InChI=1S/C13H7BrClN3O/c14-12-4-2-9(7-17-12)13(19)18-11-3-1-8(6-16)5-10(11)15/h1-5,7H,(H,18,19). The molecule has 0 radical (unpaired) electrons. The number of carbonyl (C=O) groups is 1. The van der Waals surface area contributed by atoms with Gasteiger partial charge in [-0.15, -0.1) is 0 Å². The van der Waals surface area contributed by atoms with Gasteiger partial charge in [0.1, 0.15) is 4.60 Å². The number of hydrogen-bond acceptors (Lipinski definition) is 3. The number of nitrogens with one attached hydrogen (secondary N) is 1. The van der Waals surface area contributed by atoms with Crippen molar-refractivity contribution in [1.29, 1.82) is 5.26 Å². The molecule has 0 spiro atoms. The Kier molecular flexibility index (Phi) is 4.15. The number of rotatable bonds is 2. The lowest BCUT2D eigenvalue weighted by Crippen LogP contribution is -2.12. The molecule has 1 aromatic heterocycles. The Morgan fingerprint density at radius 2 is 2.16 bits per heavy atom. The fraction of sp³-hybridized carbons (Fsp3) is 0. The molecule has 1 amide bonds. The maximum atomic E-state index is 11.9. The molecule has 0 aliphatic rings. The smallest absolute Gasteiger partial charge is 0.257 e. The second-order valence-electron chi connectivity index (χ2n) is 3.63. The van der Waals surface area contributed by atoms with E-state index in [1.807, 2.05) is 6.07 Å². The Bertz CT molecular complexity index is 665. The summed E-state index contributed by atoms with van der Waals surface area (Å²) in [6.07, 6.45) is 1.46. The number of carbonyl (C=O) groups excluding carboxylic acids is 1. The SMILES string of the molecule is N#Cc1ccc(NC(=O)c2ccc(Br)nc2)c(Cl)c1. The topological polar surface area (TPSA) is 65.8 Å². The van der Waals surface area contributed by atoms with E-state index in [2.05, 4.69) is 26.2 Å². The number of aromatic nitrogens is 1. The third-order valence-corrected chi connectivity index (χ3v) is 3.12. The van der Waals surface area contributed by atoms with E-state index in [9.17, 15) is 4.79 Å². The highest BCUT2D eigenvalue weighted by molar-refractivity contribution is 9.10. The molecule has 1 aromatic carbocycles. The average Bonchev–Trinajstić information content (AvgIpc) is 2.41. The predicted octanol–water partition coefficient (Wildman–Crippen LogP) is 3.62. The van der Waals surface area contributed by atoms with Crippen molar-refractivity contribution in [3.05, 3.63) is 57.3 Å². The van der Waals surface area contributed by atoms with Gasteiger partial charge >= 0.3 is 0 Å². The molecule has 0 saturated carbocycles. The normalized spacial score (nSPS) is 9.74. The van der Waals surface area contributed by atoms with Crippen molar-refractivity contribution in [2.24, 2.45) is 0 Å². The minimum absolute atomic E-state index is 0.313. The van der Waals surface area contributed by atoms with Gasteiger partial charge in [-0.2, -0.15) is 5.26 Å². The molecule has 1 N–H and O–H groups in total. The molecule has 0 fully saturated rings. The maximum Gasteiger partial charge on any atom is 0.257 e. The first-order valence-electron chi connectivity index (χ1n) is 5.22. The average molecular weight is 337 g/mol. The summed E-state index contributed by atoms with van der Waals surface area (Å²) in [7, 11) is 0. The number of nitrogens with zero attached hydrogens (tertiary/aromatic N) is 2. The number of halogens is 2. The second-order valence-corrected chi connectivity index (χ2v) is 4.85. The molecule has 0 atom stereocenters. The van der Waals surface area contributed by atoms with E-state index in [0.717, 1.165) is 0 Å². The summed E-state index contributed by atoms with van der Waals surface area (Å²) in [5.74, 6) is -0.313. The largest absolute Gasteiger partial charge is 0.321 e. The molecule has 0 bridgehead atoms. The first-order chi connectivity index (χ1) is 9.10. The van der Waals surface area contributed by atoms with Crippen LogP contribution in [0.5, 0.6) is 0 Å². The van der Waals surface area contributed by atoms with E-state index in [0.29, 0.717) is 26.4 Å². The molecule has 6 heteroatoms. The summed E-state index contributed by atoms with van der Waals surface area (Å²) in [5.41, 5.74) is 1.31. The van der Waals surface area contributed by atoms with Crippen molar-refractivity contribution in [2.75, 3.05) is 5.32 Å². The van der Waals surface area contributed by atoms with E-state index in [-0.39, 0.29) is 5.91 Å². The van der Waals surface area contributed by atoms with Crippen LogP contribution in [-0.4, -0.2) is 10.9 Å². The fourth-order valence-electron chi connectivity index (χ4n) is 1.39. The van der Waals surface area contributed by atoms with Gasteiger partial charge in [0.15, 0.2) is 0 Å². The van der Waals surface area contributed by atoms with Crippen molar-refractivity contribution >= 4 is 39.1 Å². The first kappa shape index (κ1) is 13.5. The number of anilines is 1. The van der Waals surface area contributed by atoms with Crippen molar-refractivity contribution in [2.45, 2.75) is 0 Å². The Morgan fingerprint density at radius 3 is 2.74 bits per heavy atom. The minimum atomic E-state index is -0.313. The summed E-state index contributed by atoms with van der Waals surface area (Å²) >= 11 is 9.17. The van der Waals surface area contributed by atoms with Crippen LogP contribution in [0.3, 0.4) is 0 Å². The maximum absolute atomic E-state index is 11.9. The Balaban J connectivity index is 2.20. The lowest BCUT2D eigenvalue weighted by molar-refractivity contribution is 0.102. The summed E-state index contributed by atoms with van der Waals surface area (Å²) in [5, 5.41) is 11.7. The minimum Gasteiger partial charge on any atom is -0.321 e. The third-order valence-electron chi connectivity index (χ3n) is 2.34. The number of benzene rings is 1. The van der Waals surface area contributed by atoms with Crippen LogP contribution in [0.15, 0.2) is 41.1 Å². The van der Waals surface area contributed by atoms with Gasteiger partial charge in [-0.1, -0.05) is 11.6 Å². The number of pyridine rings is 1. The zero-order valence-corrected chi connectivity index (χ0v) is 11.9. The van der Waals surface area contributed by atoms with Crippen LogP contribution in [0.4, 0.5) is 5.69 Å². The highest BCUT2D eigenvalue weighted by Gasteiger charge is 2.09. The lowest BCUT2D eigenvalue weighted by atomic mass is 10.2. The van der Waals surface area contributed by atoms with Gasteiger partial charge in [0, 0.05) is 6.20 Å². The summed E-state index contributed by atoms with van der Waals surface area (Å²) in [4.78, 5) is 15.9. The van der Waals surface area contributed by atoms with E-state index >= 15 is 0 Å². The number of nitriles is 1. The van der Waals surface area contributed by atoms with E-state index in [1.165, 1.54) is 12.3 Å². The zero-order chi connectivity index (χ0) is 13.8. The van der Waals surface area contributed by atoms with Crippen LogP contribution in [0.2, 0.25) is 5.02 Å². The molecular weight excluding hydrogens is 330 g/mol. The van der Waals surface area contributed by atoms with E-state index in [4.69, 9.17) is 16.9 Å². The van der Waals surface area contributed by atoms with Crippen molar-refractivity contribution < 1.29 is 4.79 Å². The fourth-order valence-corrected chi connectivity index (χ4v) is 1.85. The van der Waals surface area contributed by atoms with E-state index < -0.39 is 0 Å². The van der Waals surface area contributed by atoms with Crippen LogP contribution in [0.25, 0.3) is 0 Å². The van der Waals surface area contributed by atoms with Crippen LogP contribution in [-0.2, 0) is 0 Å². The van der Waals surface area contributed by atoms with Crippen molar-refractivity contribution in [3.8, 4) is 6.07 Å². The molecule has 0 aliphatic carbocycles. The number of hydrogen-bond donors (Lipinski definition) is 1. The quantitative estimate of drug-likeness (QED) is 0.852. The van der Waals surface area contributed by atoms with Crippen molar-refractivity contribution in [3.63, 3.8) is 0 Å². The van der Waals surface area contributed by atoms with Crippen LogP contribution < -0.4 is 5.32 Å². The molecule has 1 heterocycles. The number of amides is 1. The summed E-state index contributed by atoms with van der Waals surface area (Å²) in [6.45, 7) is 0. The first-order valence-corrected chi connectivity index (χ1v) is 6.40. The van der Waals surface area contributed by atoms with Gasteiger partial charge in [0.25, 0.3) is 5.91 Å². The lowest BCUT2D eigenvalue weighted by Gasteiger charge is -2.07. The van der Waals surface area contributed by atoms with Gasteiger partial charge in [0.2, 0.25) is 0 Å².